The van der Waals surface area contributed by atoms with Crippen molar-refractivity contribution < 1.29 is 19.0 Å². The van der Waals surface area contributed by atoms with Gasteiger partial charge in [-0.25, -0.2) is 4.99 Å². The summed E-state index contributed by atoms with van der Waals surface area (Å²) in [5.74, 6) is 0.224. The predicted octanol–water partition coefficient (Wildman–Crippen LogP) is 3.22. The van der Waals surface area contributed by atoms with E-state index in [0.717, 1.165) is 42.5 Å². The molecule has 1 saturated carbocycles. The van der Waals surface area contributed by atoms with Crippen LogP contribution in [-0.2, 0) is 19.6 Å². The third-order valence-corrected chi connectivity index (χ3v) is 8.30. The smallest absolute Gasteiger partial charge is 0.253 e. The molecule has 2 aromatic heterocycles. The van der Waals surface area contributed by atoms with Crippen LogP contribution in [0.4, 0.5) is 0 Å². The van der Waals surface area contributed by atoms with Crippen LogP contribution in [0.15, 0.2) is 53.5 Å². The second-order valence-corrected chi connectivity index (χ2v) is 10.9. The van der Waals surface area contributed by atoms with Gasteiger partial charge >= 0.3 is 0 Å². The summed E-state index contributed by atoms with van der Waals surface area (Å²) in [6.45, 7) is 5.53. The molecule has 208 valence electrons. The Morgan fingerprint density at radius 1 is 1.15 bits per heavy atom. The van der Waals surface area contributed by atoms with E-state index in [1.54, 1.807) is 24.5 Å². The predicted molar refractivity (Wildman–Crippen MR) is 147 cm³/mol. The van der Waals surface area contributed by atoms with Gasteiger partial charge in [0.1, 0.15) is 6.10 Å². The SMILES string of the molecule is CC1=C(c2cccnc2)CC(NC(=O)c2ccnc(C3(C#N)CC3)c2)(N2CCOCC2)C(OC2CCOCC2)=N1. The average Bonchev–Trinajstić information content (AvgIpc) is 3.81. The van der Waals surface area contributed by atoms with Gasteiger partial charge < -0.3 is 19.5 Å². The summed E-state index contributed by atoms with van der Waals surface area (Å²) >= 11 is 0. The van der Waals surface area contributed by atoms with E-state index in [0.29, 0.717) is 63.1 Å². The number of aromatic nitrogens is 2. The van der Waals surface area contributed by atoms with Crippen molar-refractivity contribution in [3.8, 4) is 6.07 Å². The molecule has 4 aliphatic rings. The van der Waals surface area contributed by atoms with Gasteiger partial charge in [0, 0.05) is 62.2 Å². The summed E-state index contributed by atoms with van der Waals surface area (Å²) in [7, 11) is 0. The third-order valence-electron chi connectivity index (χ3n) is 8.30. The van der Waals surface area contributed by atoms with E-state index in [2.05, 4.69) is 26.3 Å². The maximum Gasteiger partial charge on any atom is 0.253 e. The van der Waals surface area contributed by atoms with Crippen LogP contribution in [0.3, 0.4) is 0 Å². The average molecular weight is 543 g/mol. The van der Waals surface area contributed by atoms with Gasteiger partial charge in [-0.05, 0) is 49.1 Å². The number of hydrogen-bond donors (Lipinski definition) is 1. The first-order chi connectivity index (χ1) is 19.5. The summed E-state index contributed by atoms with van der Waals surface area (Å²) < 4.78 is 17.9. The zero-order chi connectivity index (χ0) is 27.6. The Balaban J connectivity index is 1.41. The molecule has 6 rings (SSSR count). The van der Waals surface area contributed by atoms with E-state index in [1.807, 2.05) is 25.3 Å². The summed E-state index contributed by atoms with van der Waals surface area (Å²) in [4.78, 5) is 30.1. The van der Waals surface area contributed by atoms with Gasteiger partial charge in [-0.1, -0.05) is 6.07 Å². The second-order valence-electron chi connectivity index (χ2n) is 10.9. The van der Waals surface area contributed by atoms with Crippen LogP contribution in [0, 0.1) is 11.3 Å². The maximum atomic E-state index is 14.1. The standard InChI is InChI=1S/C30H34N6O4/c1-21-25(23-3-2-9-32-19-23)18-30(36-11-15-39-16-12-36,28(34-21)40-24-5-13-38-14-6-24)35-27(37)22-4-10-33-26(17-22)29(20-31)7-8-29/h2-4,9-10,17,19,24H,5-8,11-16,18H2,1H3,(H,35,37). The van der Waals surface area contributed by atoms with Crippen molar-refractivity contribution >= 4 is 17.4 Å². The number of ether oxygens (including phenoxy) is 3. The van der Waals surface area contributed by atoms with Crippen LogP contribution in [-0.4, -0.2) is 78.0 Å². The molecule has 2 saturated heterocycles. The molecule has 3 aliphatic heterocycles. The van der Waals surface area contributed by atoms with Crippen molar-refractivity contribution in [2.75, 3.05) is 39.5 Å². The molecule has 1 atom stereocenters. The van der Waals surface area contributed by atoms with Crippen LogP contribution in [0.2, 0.25) is 0 Å². The number of carbonyl (C=O) groups excluding carboxylic acids is 1. The van der Waals surface area contributed by atoms with Crippen LogP contribution in [0.5, 0.6) is 0 Å². The van der Waals surface area contributed by atoms with Gasteiger partial charge in [0.15, 0.2) is 5.66 Å². The van der Waals surface area contributed by atoms with E-state index in [4.69, 9.17) is 19.2 Å². The van der Waals surface area contributed by atoms with Gasteiger partial charge in [0.05, 0.1) is 43.6 Å². The molecular weight excluding hydrogens is 508 g/mol. The first kappa shape index (κ1) is 26.6. The number of pyridine rings is 2. The summed E-state index contributed by atoms with van der Waals surface area (Å²) in [6.07, 6.45) is 8.62. The molecule has 0 aromatic carbocycles. The number of carbonyl (C=O) groups is 1. The first-order valence-electron chi connectivity index (χ1n) is 14.0. The summed E-state index contributed by atoms with van der Waals surface area (Å²) in [6, 6.07) is 9.75. The minimum absolute atomic E-state index is 0.0598. The van der Waals surface area contributed by atoms with Crippen molar-refractivity contribution in [1.29, 1.82) is 5.26 Å². The zero-order valence-electron chi connectivity index (χ0n) is 22.8. The number of amides is 1. The van der Waals surface area contributed by atoms with Crippen molar-refractivity contribution in [3.05, 3.63) is 65.4 Å². The van der Waals surface area contributed by atoms with E-state index in [1.165, 1.54) is 0 Å². The van der Waals surface area contributed by atoms with Gasteiger partial charge in [-0.2, -0.15) is 5.26 Å². The highest BCUT2D eigenvalue weighted by atomic mass is 16.5. The molecule has 1 unspecified atom stereocenters. The van der Waals surface area contributed by atoms with Crippen molar-refractivity contribution in [2.24, 2.45) is 4.99 Å². The van der Waals surface area contributed by atoms with E-state index in [9.17, 15) is 10.1 Å². The van der Waals surface area contributed by atoms with E-state index < -0.39 is 11.1 Å². The molecule has 10 heteroatoms. The molecule has 1 aliphatic carbocycles. The topological polar surface area (TPSA) is 122 Å². The van der Waals surface area contributed by atoms with Crippen molar-refractivity contribution in [1.82, 2.24) is 20.2 Å². The highest BCUT2D eigenvalue weighted by Crippen LogP contribution is 2.46. The molecule has 1 N–H and O–H groups in total. The number of nitrogens with zero attached hydrogens (tertiary/aromatic N) is 5. The molecule has 3 fully saturated rings. The van der Waals surface area contributed by atoms with Crippen molar-refractivity contribution in [2.45, 2.75) is 56.2 Å². The molecule has 40 heavy (non-hydrogen) atoms. The highest BCUT2D eigenvalue weighted by molar-refractivity contribution is 6.01. The number of nitriles is 1. The fourth-order valence-electron chi connectivity index (χ4n) is 5.71. The second kappa shape index (κ2) is 11.1. The zero-order valence-corrected chi connectivity index (χ0v) is 22.8. The minimum atomic E-state index is -1.04. The number of hydrogen-bond acceptors (Lipinski definition) is 9. The first-order valence-corrected chi connectivity index (χ1v) is 14.0. The number of aliphatic imine (C=N–C) groups is 1. The van der Waals surface area contributed by atoms with Crippen LogP contribution in [0.25, 0.3) is 5.57 Å². The molecule has 0 radical (unpaired) electrons. The number of allylic oxidation sites excluding steroid dienone is 1. The third kappa shape index (κ3) is 5.12. The Kier molecular flexibility index (Phi) is 7.36. The Bertz CT molecular complexity index is 1350. The molecule has 0 bridgehead atoms. The minimum Gasteiger partial charge on any atom is -0.475 e. The number of nitrogens with one attached hydrogen (secondary N) is 1. The molecular formula is C30H34N6O4. The Morgan fingerprint density at radius 2 is 1.93 bits per heavy atom. The van der Waals surface area contributed by atoms with Crippen LogP contribution in [0.1, 0.15) is 60.6 Å². The van der Waals surface area contributed by atoms with Gasteiger partial charge in [0.2, 0.25) is 5.90 Å². The van der Waals surface area contributed by atoms with E-state index >= 15 is 0 Å². The number of rotatable bonds is 6. The molecule has 0 spiro atoms. The van der Waals surface area contributed by atoms with Gasteiger partial charge in [0.25, 0.3) is 5.91 Å². The number of morpholine rings is 1. The molecule has 5 heterocycles. The van der Waals surface area contributed by atoms with Crippen molar-refractivity contribution in [3.63, 3.8) is 0 Å². The highest BCUT2D eigenvalue weighted by Gasteiger charge is 2.50. The maximum absolute atomic E-state index is 14.1. The fraction of sp³-hybridized carbons (Fsp3) is 0.500. The fourth-order valence-corrected chi connectivity index (χ4v) is 5.71. The summed E-state index contributed by atoms with van der Waals surface area (Å²) in [5, 5.41) is 13.1. The summed E-state index contributed by atoms with van der Waals surface area (Å²) in [5.41, 5.74) is 2.26. The lowest BCUT2D eigenvalue weighted by Gasteiger charge is -2.48. The lowest BCUT2D eigenvalue weighted by molar-refractivity contribution is -0.0281. The van der Waals surface area contributed by atoms with Crippen LogP contribution < -0.4 is 5.32 Å². The van der Waals surface area contributed by atoms with Crippen LogP contribution >= 0.6 is 0 Å². The Hall–Kier alpha value is -3.65. The monoisotopic (exact) mass is 542 g/mol. The lowest BCUT2D eigenvalue weighted by Crippen LogP contribution is -2.69. The normalized spacial score (nSPS) is 25.1. The van der Waals surface area contributed by atoms with Gasteiger partial charge in [-0.3, -0.25) is 19.7 Å². The molecule has 2 aromatic rings. The Morgan fingerprint density at radius 3 is 2.62 bits per heavy atom. The largest absolute Gasteiger partial charge is 0.475 e. The lowest BCUT2D eigenvalue weighted by atomic mass is 9.88. The molecule has 10 nitrogen and oxygen atoms in total. The molecule has 1 amide bonds. The Labute approximate surface area is 234 Å². The quantitative estimate of drug-likeness (QED) is 0.591. The van der Waals surface area contributed by atoms with Gasteiger partial charge in [-0.15, -0.1) is 0 Å². The van der Waals surface area contributed by atoms with E-state index in [-0.39, 0.29) is 12.0 Å².